The number of hydrogen-bond acceptors (Lipinski definition) is 3. The highest BCUT2D eigenvalue weighted by atomic mass is 16.5. The molecule has 1 amide bonds. The van der Waals surface area contributed by atoms with Crippen LogP contribution >= 0.6 is 0 Å². The van der Waals surface area contributed by atoms with Crippen molar-refractivity contribution in [2.45, 2.75) is 26.4 Å². The lowest BCUT2D eigenvalue weighted by Crippen LogP contribution is -2.34. The van der Waals surface area contributed by atoms with Gasteiger partial charge in [0.1, 0.15) is 0 Å². The van der Waals surface area contributed by atoms with Crippen molar-refractivity contribution < 1.29 is 19.4 Å². The Morgan fingerprint density at radius 1 is 1.29 bits per heavy atom. The molecule has 0 saturated carbocycles. The Kier molecular flexibility index (Phi) is 4.96. The molecule has 2 atom stereocenters. The van der Waals surface area contributed by atoms with Crippen LogP contribution in [0.1, 0.15) is 41.0 Å². The first-order valence-corrected chi connectivity index (χ1v) is 7.22. The number of hydrogen-bond donors (Lipinski definition) is 2. The van der Waals surface area contributed by atoms with Crippen molar-refractivity contribution >= 4 is 11.9 Å². The van der Waals surface area contributed by atoms with E-state index in [-0.39, 0.29) is 17.6 Å². The van der Waals surface area contributed by atoms with Crippen molar-refractivity contribution in [1.29, 1.82) is 0 Å². The van der Waals surface area contributed by atoms with Gasteiger partial charge in [0.2, 0.25) is 0 Å². The van der Waals surface area contributed by atoms with Crippen LogP contribution in [-0.4, -0.2) is 36.2 Å². The molecule has 5 heteroatoms. The van der Waals surface area contributed by atoms with Gasteiger partial charge < -0.3 is 15.2 Å². The summed E-state index contributed by atoms with van der Waals surface area (Å²) in [6.07, 6.45) is 1.15. The first-order chi connectivity index (χ1) is 9.99. The van der Waals surface area contributed by atoms with E-state index in [4.69, 9.17) is 9.84 Å². The van der Waals surface area contributed by atoms with Gasteiger partial charge in [0.15, 0.2) is 0 Å². The molecule has 1 heterocycles. The number of aromatic carboxylic acids is 1. The molecule has 21 heavy (non-hydrogen) atoms. The van der Waals surface area contributed by atoms with Crippen LogP contribution in [-0.2, 0) is 4.74 Å². The van der Waals surface area contributed by atoms with E-state index in [9.17, 15) is 9.59 Å². The van der Waals surface area contributed by atoms with E-state index in [1.165, 1.54) is 24.3 Å². The van der Waals surface area contributed by atoms with Crippen LogP contribution in [0.15, 0.2) is 24.3 Å². The Bertz CT molecular complexity index is 510. The van der Waals surface area contributed by atoms with Gasteiger partial charge in [-0.05, 0) is 36.6 Å². The highest BCUT2D eigenvalue weighted by Gasteiger charge is 2.30. The second-order valence-electron chi connectivity index (χ2n) is 5.72. The van der Waals surface area contributed by atoms with Crippen LogP contribution in [0.2, 0.25) is 0 Å². The number of ether oxygens (including phenoxy) is 1. The fourth-order valence-corrected chi connectivity index (χ4v) is 2.70. The maximum Gasteiger partial charge on any atom is 0.335 e. The van der Waals surface area contributed by atoms with Gasteiger partial charge in [0.05, 0.1) is 11.7 Å². The molecule has 5 nitrogen and oxygen atoms in total. The molecular weight excluding hydrogens is 270 g/mol. The molecule has 1 aliphatic heterocycles. The van der Waals surface area contributed by atoms with Gasteiger partial charge in [-0.3, -0.25) is 4.79 Å². The number of rotatable bonds is 5. The molecule has 0 spiro atoms. The largest absolute Gasteiger partial charge is 0.478 e. The first-order valence-electron chi connectivity index (χ1n) is 7.22. The molecular formula is C16H21NO4. The minimum Gasteiger partial charge on any atom is -0.478 e. The highest BCUT2D eigenvalue weighted by molar-refractivity contribution is 5.95. The third-order valence-corrected chi connectivity index (χ3v) is 3.84. The molecule has 1 fully saturated rings. The molecule has 114 valence electrons. The summed E-state index contributed by atoms with van der Waals surface area (Å²) < 4.78 is 5.69. The maximum atomic E-state index is 12.1. The van der Waals surface area contributed by atoms with E-state index in [0.29, 0.717) is 23.9 Å². The average Bonchev–Trinajstić information content (AvgIpc) is 2.93. The minimum absolute atomic E-state index is 0.176. The van der Waals surface area contributed by atoms with E-state index in [2.05, 4.69) is 19.2 Å². The molecule has 1 aliphatic rings. The lowest BCUT2D eigenvalue weighted by Gasteiger charge is -2.22. The minimum atomic E-state index is -0.996. The number of carboxylic acids is 1. The molecule has 0 bridgehead atoms. The van der Waals surface area contributed by atoms with Crippen molar-refractivity contribution in [3.63, 3.8) is 0 Å². The summed E-state index contributed by atoms with van der Waals surface area (Å²) in [4.78, 5) is 22.8. The Balaban J connectivity index is 1.91. The van der Waals surface area contributed by atoms with E-state index in [1.54, 1.807) is 0 Å². The molecule has 0 aliphatic carbocycles. The van der Waals surface area contributed by atoms with E-state index >= 15 is 0 Å². The second kappa shape index (κ2) is 6.72. The van der Waals surface area contributed by atoms with Crippen LogP contribution in [0.25, 0.3) is 0 Å². The standard InChI is InChI=1S/C16H21NO4/c1-10(2)14-13(7-8-21-14)9-17-15(18)11-3-5-12(6-4-11)16(19)20/h3-6,10,13-14H,7-9H2,1-2H3,(H,17,18)(H,19,20). The zero-order valence-electron chi connectivity index (χ0n) is 12.3. The van der Waals surface area contributed by atoms with Gasteiger partial charge in [-0.15, -0.1) is 0 Å². The van der Waals surface area contributed by atoms with Gasteiger partial charge in [0, 0.05) is 24.6 Å². The van der Waals surface area contributed by atoms with Crippen LogP contribution in [0, 0.1) is 11.8 Å². The molecule has 2 N–H and O–H groups in total. The molecule has 2 rings (SSSR count). The number of benzene rings is 1. The summed E-state index contributed by atoms with van der Waals surface area (Å²) in [5.74, 6) is -0.400. The summed E-state index contributed by atoms with van der Waals surface area (Å²) >= 11 is 0. The van der Waals surface area contributed by atoms with Crippen molar-refractivity contribution in [3.8, 4) is 0 Å². The third kappa shape index (κ3) is 3.82. The van der Waals surface area contributed by atoms with Crippen molar-refractivity contribution in [2.24, 2.45) is 11.8 Å². The monoisotopic (exact) mass is 291 g/mol. The van der Waals surface area contributed by atoms with Crippen LogP contribution in [0.3, 0.4) is 0 Å². The number of nitrogens with one attached hydrogen (secondary N) is 1. The summed E-state index contributed by atoms with van der Waals surface area (Å²) in [6, 6.07) is 5.94. The normalized spacial score (nSPS) is 21.5. The molecule has 0 aromatic heterocycles. The number of amides is 1. The van der Waals surface area contributed by atoms with Gasteiger partial charge >= 0.3 is 5.97 Å². The average molecular weight is 291 g/mol. The number of carbonyl (C=O) groups excluding carboxylic acids is 1. The van der Waals surface area contributed by atoms with Gasteiger partial charge in [-0.2, -0.15) is 0 Å². The smallest absolute Gasteiger partial charge is 0.335 e. The van der Waals surface area contributed by atoms with Crippen LogP contribution in [0.4, 0.5) is 0 Å². The zero-order valence-corrected chi connectivity index (χ0v) is 12.3. The van der Waals surface area contributed by atoms with Crippen molar-refractivity contribution in [2.75, 3.05) is 13.2 Å². The Morgan fingerprint density at radius 2 is 1.90 bits per heavy atom. The zero-order chi connectivity index (χ0) is 15.4. The van der Waals surface area contributed by atoms with Gasteiger partial charge in [0.25, 0.3) is 5.91 Å². The highest BCUT2D eigenvalue weighted by Crippen LogP contribution is 2.26. The number of carboxylic acid groups (broad SMARTS) is 1. The Morgan fingerprint density at radius 3 is 2.48 bits per heavy atom. The Hall–Kier alpha value is -1.88. The molecule has 1 aromatic rings. The molecule has 0 radical (unpaired) electrons. The van der Waals surface area contributed by atoms with Crippen molar-refractivity contribution in [1.82, 2.24) is 5.32 Å². The topological polar surface area (TPSA) is 75.6 Å². The molecule has 1 saturated heterocycles. The Labute approximate surface area is 124 Å². The first kappa shape index (κ1) is 15.5. The summed E-state index contributed by atoms with van der Waals surface area (Å²) in [7, 11) is 0. The third-order valence-electron chi connectivity index (χ3n) is 3.84. The number of carbonyl (C=O) groups is 2. The van der Waals surface area contributed by atoms with Gasteiger partial charge in [-0.25, -0.2) is 4.79 Å². The van der Waals surface area contributed by atoms with E-state index in [0.717, 1.165) is 13.0 Å². The lowest BCUT2D eigenvalue weighted by molar-refractivity contribution is 0.0533. The maximum absolute atomic E-state index is 12.1. The van der Waals surface area contributed by atoms with E-state index in [1.807, 2.05) is 0 Å². The SMILES string of the molecule is CC(C)C1OCCC1CNC(=O)c1ccc(C(=O)O)cc1. The fourth-order valence-electron chi connectivity index (χ4n) is 2.70. The van der Waals surface area contributed by atoms with Crippen molar-refractivity contribution in [3.05, 3.63) is 35.4 Å². The lowest BCUT2D eigenvalue weighted by atomic mass is 9.93. The fraction of sp³-hybridized carbons (Fsp3) is 0.500. The van der Waals surface area contributed by atoms with Gasteiger partial charge in [-0.1, -0.05) is 13.8 Å². The summed E-state index contributed by atoms with van der Waals surface area (Å²) in [6.45, 7) is 5.57. The summed E-state index contributed by atoms with van der Waals surface area (Å²) in [5.41, 5.74) is 0.649. The molecule has 2 unspecified atom stereocenters. The predicted octanol–water partition coefficient (Wildman–Crippen LogP) is 2.18. The van der Waals surface area contributed by atoms with E-state index < -0.39 is 5.97 Å². The molecule has 1 aromatic carbocycles. The van der Waals surface area contributed by atoms with Crippen LogP contribution < -0.4 is 5.32 Å². The summed E-state index contributed by atoms with van der Waals surface area (Å²) in [5, 5.41) is 11.7. The second-order valence-corrected chi connectivity index (χ2v) is 5.72. The quantitative estimate of drug-likeness (QED) is 0.872. The predicted molar refractivity (Wildman–Crippen MR) is 78.4 cm³/mol. The van der Waals surface area contributed by atoms with Crippen LogP contribution in [0.5, 0.6) is 0 Å².